The molecule has 0 aliphatic heterocycles. The molecule has 2 aromatic carbocycles. The zero-order valence-electron chi connectivity index (χ0n) is 15.3. The van der Waals surface area contributed by atoms with E-state index in [0.717, 1.165) is 24.8 Å². The SMILES string of the molecule is CCCCCC(=O)Nc1cccc(NC(=O)CCc2ccccc2N)c1. The zero-order valence-corrected chi connectivity index (χ0v) is 15.3. The van der Waals surface area contributed by atoms with Crippen LogP contribution in [0.5, 0.6) is 0 Å². The first-order valence-electron chi connectivity index (χ1n) is 9.11. The Balaban J connectivity index is 1.84. The number of hydrogen-bond acceptors (Lipinski definition) is 3. The molecule has 5 nitrogen and oxygen atoms in total. The van der Waals surface area contributed by atoms with E-state index in [9.17, 15) is 9.59 Å². The Kier molecular flexibility index (Phi) is 7.68. The minimum atomic E-state index is -0.0836. The second-order valence-corrected chi connectivity index (χ2v) is 6.33. The minimum absolute atomic E-state index is 0.00137. The fraction of sp³-hybridized carbons (Fsp3) is 0.333. The van der Waals surface area contributed by atoms with Gasteiger partial charge in [-0.05, 0) is 42.7 Å². The molecule has 2 rings (SSSR count). The highest BCUT2D eigenvalue weighted by Gasteiger charge is 2.07. The van der Waals surface area contributed by atoms with Crippen molar-refractivity contribution in [2.24, 2.45) is 0 Å². The molecule has 0 aliphatic rings. The van der Waals surface area contributed by atoms with Crippen molar-refractivity contribution in [3.05, 3.63) is 54.1 Å². The number of anilines is 3. The third kappa shape index (κ3) is 6.59. The molecule has 2 amide bonds. The van der Waals surface area contributed by atoms with Crippen molar-refractivity contribution >= 4 is 28.9 Å². The highest BCUT2D eigenvalue weighted by atomic mass is 16.2. The van der Waals surface area contributed by atoms with Crippen LogP contribution < -0.4 is 16.4 Å². The van der Waals surface area contributed by atoms with E-state index in [0.29, 0.717) is 36.3 Å². The molecule has 0 spiro atoms. The Labute approximate surface area is 155 Å². The summed E-state index contributed by atoms with van der Waals surface area (Å²) in [6.45, 7) is 2.11. The number of hydrogen-bond donors (Lipinski definition) is 3. The van der Waals surface area contributed by atoms with Crippen LogP contribution in [-0.2, 0) is 16.0 Å². The Bertz CT molecular complexity index is 744. The van der Waals surface area contributed by atoms with Crippen LogP contribution in [0.25, 0.3) is 0 Å². The van der Waals surface area contributed by atoms with Gasteiger partial charge in [-0.15, -0.1) is 0 Å². The zero-order chi connectivity index (χ0) is 18.8. The molecule has 0 bridgehead atoms. The van der Waals surface area contributed by atoms with Gasteiger partial charge in [0.15, 0.2) is 0 Å². The van der Waals surface area contributed by atoms with Gasteiger partial charge in [0.05, 0.1) is 0 Å². The average Bonchev–Trinajstić information content (AvgIpc) is 2.61. The molecule has 0 heterocycles. The first-order chi connectivity index (χ1) is 12.6. The van der Waals surface area contributed by atoms with E-state index < -0.39 is 0 Å². The fourth-order valence-electron chi connectivity index (χ4n) is 2.67. The largest absolute Gasteiger partial charge is 0.399 e. The van der Waals surface area contributed by atoms with Gasteiger partial charge in [0.25, 0.3) is 0 Å². The predicted octanol–water partition coefficient (Wildman–Crippen LogP) is 4.36. The maximum absolute atomic E-state index is 12.2. The van der Waals surface area contributed by atoms with E-state index in [1.54, 1.807) is 6.07 Å². The van der Waals surface area contributed by atoms with Crippen LogP contribution >= 0.6 is 0 Å². The summed E-state index contributed by atoms with van der Waals surface area (Å²) in [6, 6.07) is 14.8. The van der Waals surface area contributed by atoms with Crippen LogP contribution in [0.1, 0.15) is 44.6 Å². The molecule has 0 fully saturated rings. The number of para-hydroxylation sites is 1. The number of nitrogen functional groups attached to an aromatic ring is 1. The van der Waals surface area contributed by atoms with Gasteiger partial charge in [-0.25, -0.2) is 0 Å². The van der Waals surface area contributed by atoms with Crippen LogP contribution in [0.3, 0.4) is 0 Å². The number of amides is 2. The van der Waals surface area contributed by atoms with Crippen molar-refractivity contribution in [2.75, 3.05) is 16.4 Å². The Morgan fingerprint density at radius 1 is 0.885 bits per heavy atom. The summed E-state index contributed by atoms with van der Waals surface area (Å²) in [4.78, 5) is 24.1. The van der Waals surface area contributed by atoms with E-state index in [1.165, 1.54) is 0 Å². The normalized spacial score (nSPS) is 10.3. The van der Waals surface area contributed by atoms with Gasteiger partial charge in [-0.2, -0.15) is 0 Å². The van der Waals surface area contributed by atoms with Gasteiger partial charge in [-0.3, -0.25) is 9.59 Å². The van der Waals surface area contributed by atoms with Gasteiger partial charge >= 0.3 is 0 Å². The van der Waals surface area contributed by atoms with Crippen LogP contribution in [0.2, 0.25) is 0 Å². The standard InChI is InChI=1S/C21H27N3O2/c1-2-3-4-12-20(25)23-17-9-7-10-18(15-17)24-21(26)14-13-16-8-5-6-11-19(16)22/h5-11,15H,2-4,12-14,22H2,1H3,(H,23,25)(H,24,26). The molecule has 138 valence electrons. The molecule has 0 saturated heterocycles. The Morgan fingerprint density at radius 3 is 2.19 bits per heavy atom. The van der Waals surface area contributed by atoms with Crippen molar-refractivity contribution in [1.29, 1.82) is 0 Å². The number of carbonyl (C=O) groups excluding carboxylic acids is 2. The van der Waals surface area contributed by atoms with Crippen LogP contribution in [0, 0.1) is 0 Å². The van der Waals surface area contributed by atoms with E-state index in [1.807, 2.05) is 42.5 Å². The lowest BCUT2D eigenvalue weighted by Crippen LogP contribution is -2.14. The topological polar surface area (TPSA) is 84.2 Å². The number of nitrogens with two attached hydrogens (primary N) is 1. The van der Waals surface area contributed by atoms with Crippen molar-refractivity contribution in [3.8, 4) is 0 Å². The van der Waals surface area contributed by atoms with Crippen LogP contribution in [0.4, 0.5) is 17.1 Å². The summed E-state index contributed by atoms with van der Waals surface area (Å²) < 4.78 is 0. The van der Waals surface area contributed by atoms with Crippen molar-refractivity contribution in [2.45, 2.75) is 45.4 Å². The monoisotopic (exact) mass is 353 g/mol. The van der Waals surface area contributed by atoms with Gasteiger partial charge in [0, 0.05) is 29.9 Å². The highest BCUT2D eigenvalue weighted by Crippen LogP contribution is 2.17. The van der Waals surface area contributed by atoms with E-state index >= 15 is 0 Å². The smallest absolute Gasteiger partial charge is 0.224 e. The first-order valence-corrected chi connectivity index (χ1v) is 9.11. The fourth-order valence-corrected chi connectivity index (χ4v) is 2.67. The summed E-state index contributed by atoms with van der Waals surface area (Å²) in [5.74, 6) is -0.0823. The summed E-state index contributed by atoms with van der Waals surface area (Å²) in [6.07, 6.45) is 4.48. The van der Waals surface area contributed by atoms with Gasteiger partial charge in [0.1, 0.15) is 0 Å². The molecule has 0 aromatic heterocycles. The summed E-state index contributed by atoms with van der Waals surface area (Å²) in [7, 11) is 0. The van der Waals surface area contributed by atoms with Gasteiger partial charge in [0.2, 0.25) is 11.8 Å². The highest BCUT2D eigenvalue weighted by molar-refractivity contribution is 5.94. The number of nitrogens with one attached hydrogen (secondary N) is 2. The lowest BCUT2D eigenvalue weighted by molar-refractivity contribution is -0.117. The number of benzene rings is 2. The first kappa shape index (κ1) is 19.5. The minimum Gasteiger partial charge on any atom is -0.399 e. The maximum Gasteiger partial charge on any atom is 0.224 e. The van der Waals surface area contributed by atoms with Crippen molar-refractivity contribution in [3.63, 3.8) is 0 Å². The number of carbonyl (C=O) groups is 2. The third-order valence-electron chi connectivity index (χ3n) is 4.11. The molecule has 0 saturated carbocycles. The number of rotatable bonds is 9. The molecule has 0 radical (unpaired) electrons. The molecular formula is C21H27N3O2. The van der Waals surface area contributed by atoms with Crippen molar-refractivity contribution in [1.82, 2.24) is 0 Å². The molecule has 0 unspecified atom stereocenters. The lowest BCUT2D eigenvalue weighted by atomic mass is 10.1. The quantitative estimate of drug-likeness (QED) is 0.462. The molecule has 2 aromatic rings. The molecule has 5 heteroatoms. The summed E-state index contributed by atoms with van der Waals surface area (Å²) in [5, 5.41) is 5.74. The number of aryl methyl sites for hydroxylation is 1. The average molecular weight is 353 g/mol. The molecule has 4 N–H and O–H groups in total. The van der Waals surface area contributed by atoms with Crippen LogP contribution in [-0.4, -0.2) is 11.8 Å². The second-order valence-electron chi connectivity index (χ2n) is 6.33. The second kappa shape index (κ2) is 10.2. The van der Waals surface area contributed by atoms with E-state index in [4.69, 9.17) is 5.73 Å². The molecule has 0 atom stereocenters. The predicted molar refractivity (Wildman–Crippen MR) is 107 cm³/mol. The summed E-state index contributed by atoms with van der Waals surface area (Å²) in [5.41, 5.74) is 8.93. The lowest BCUT2D eigenvalue weighted by Gasteiger charge is -2.09. The number of unbranched alkanes of at least 4 members (excludes halogenated alkanes) is 2. The summed E-state index contributed by atoms with van der Waals surface area (Å²) >= 11 is 0. The van der Waals surface area contributed by atoms with E-state index in [2.05, 4.69) is 17.6 Å². The molecule has 0 aliphatic carbocycles. The van der Waals surface area contributed by atoms with Crippen molar-refractivity contribution < 1.29 is 9.59 Å². The molecule has 26 heavy (non-hydrogen) atoms. The Morgan fingerprint density at radius 2 is 1.54 bits per heavy atom. The van der Waals surface area contributed by atoms with Gasteiger partial charge in [-0.1, -0.05) is 44.0 Å². The third-order valence-corrected chi connectivity index (χ3v) is 4.11. The van der Waals surface area contributed by atoms with Gasteiger partial charge < -0.3 is 16.4 Å². The molecular weight excluding hydrogens is 326 g/mol. The maximum atomic E-state index is 12.2. The van der Waals surface area contributed by atoms with E-state index in [-0.39, 0.29) is 11.8 Å². The van der Waals surface area contributed by atoms with Crippen LogP contribution in [0.15, 0.2) is 48.5 Å². The Hall–Kier alpha value is -2.82.